The zero-order valence-electron chi connectivity index (χ0n) is 12.6. The number of non-ortho nitro benzene ring substituents is 1. The molecule has 1 saturated heterocycles. The van der Waals surface area contributed by atoms with Crippen molar-refractivity contribution >= 4 is 17.5 Å². The molecule has 0 bridgehead atoms. The second kappa shape index (κ2) is 6.49. The Balaban J connectivity index is 1.61. The first kappa shape index (κ1) is 15.7. The molecule has 0 saturated carbocycles. The summed E-state index contributed by atoms with van der Waals surface area (Å²) in [6, 6.07) is 14.3. The summed E-state index contributed by atoms with van der Waals surface area (Å²) in [6.07, 6.45) is 0.0588. The molecule has 0 aromatic heterocycles. The van der Waals surface area contributed by atoms with Gasteiger partial charge in [0, 0.05) is 12.1 Å². The highest BCUT2D eigenvalue weighted by molar-refractivity contribution is 5.94. The lowest BCUT2D eigenvalue weighted by molar-refractivity contribution is -0.384. The molecule has 2 aromatic carbocycles. The molecule has 24 heavy (non-hydrogen) atoms. The highest BCUT2D eigenvalue weighted by Gasteiger charge is 2.41. The molecule has 7 nitrogen and oxygen atoms in total. The molecule has 1 aliphatic rings. The van der Waals surface area contributed by atoms with E-state index in [9.17, 15) is 19.7 Å². The van der Waals surface area contributed by atoms with Crippen molar-refractivity contribution in [3.63, 3.8) is 0 Å². The topological polar surface area (TPSA) is 101 Å². The van der Waals surface area contributed by atoms with Crippen LogP contribution < -0.4 is 10.6 Å². The number of nitrogens with one attached hydrogen (secondary N) is 2. The second-order valence-corrected chi connectivity index (χ2v) is 5.54. The average Bonchev–Trinajstić information content (AvgIpc) is 2.59. The van der Waals surface area contributed by atoms with Crippen LogP contribution in [0.1, 0.15) is 17.2 Å². The second-order valence-electron chi connectivity index (χ2n) is 5.54. The Morgan fingerprint density at radius 1 is 1.12 bits per heavy atom. The molecule has 2 aromatic rings. The Bertz CT molecular complexity index is 774. The van der Waals surface area contributed by atoms with Crippen LogP contribution in [-0.2, 0) is 16.0 Å². The number of carbonyl (C=O) groups is 2. The highest BCUT2D eigenvalue weighted by Crippen LogP contribution is 2.24. The summed E-state index contributed by atoms with van der Waals surface area (Å²) in [7, 11) is 0. The fraction of sp³-hybridized carbons (Fsp3) is 0.176. The third kappa shape index (κ3) is 3.24. The maximum absolute atomic E-state index is 12.1. The first-order valence-electron chi connectivity index (χ1n) is 7.42. The minimum Gasteiger partial charge on any atom is -0.345 e. The van der Waals surface area contributed by atoms with E-state index < -0.39 is 11.0 Å². The van der Waals surface area contributed by atoms with Crippen molar-refractivity contribution in [3.05, 3.63) is 75.8 Å². The number of hydrogen-bond acceptors (Lipinski definition) is 4. The minimum atomic E-state index is -0.599. The standard InChI is InChI=1S/C17H15N3O4/c21-14(10-11-6-8-13(9-7-11)20(23)24)18-16-15(19-17(16)22)12-4-2-1-3-5-12/h1-9,15-16H,10H2,(H,18,21)(H,19,22). The van der Waals surface area contributed by atoms with Crippen LogP contribution in [0.2, 0.25) is 0 Å². The summed E-state index contributed by atoms with van der Waals surface area (Å²) >= 11 is 0. The molecule has 2 N–H and O–H groups in total. The number of benzene rings is 2. The molecule has 2 atom stereocenters. The first-order chi connectivity index (χ1) is 11.5. The summed E-state index contributed by atoms with van der Waals surface area (Å²) in [5.41, 5.74) is 1.55. The zero-order valence-corrected chi connectivity index (χ0v) is 12.6. The van der Waals surface area contributed by atoms with Crippen molar-refractivity contribution in [1.29, 1.82) is 0 Å². The van der Waals surface area contributed by atoms with Gasteiger partial charge in [-0.3, -0.25) is 19.7 Å². The Morgan fingerprint density at radius 2 is 1.79 bits per heavy atom. The van der Waals surface area contributed by atoms with E-state index in [1.54, 1.807) is 0 Å². The van der Waals surface area contributed by atoms with Gasteiger partial charge in [0.2, 0.25) is 11.8 Å². The SMILES string of the molecule is O=C(Cc1ccc([N+](=O)[O-])cc1)NC1C(=O)NC1c1ccccc1. The third-order valence-corrected chi connectivity index (χ3v) is 3.90. The molecule has 1 fully saturated rings. The largest absolute Gasteiger partial charge is 0.345 e. The van der Waals surface area contributed by atoms with Crippen LogP contribution in [0.25, 0.3) is 0 Å². The Labute approximate surface area is 137 Å². The van der Waals surface area contributed by atoms with Crippen LogP contribution in [0.3, 0.4) is 0 Å². The van der Waals surface area contributed by atoms with Crippen LogP contribution in [0.5, 0.6) is 0 Å². The van der Waals surface area contributed by atoms with Gasteiger partial charge in [0.05, 0.1) is 17.4 Å². The fourth-order valence-electron chi connectivity index (χ4n) is 2.61. The van der Waals surface area contributed by atoms with Crippen molar-refractivity contribution in [2.45, 2.75) is 18.5 Å². The Morgan fingerprint density at radius 3 is 2.38 bits per heavy atom. The molecule has 2 amide bonds. The monoisotopic (exact) mass is 325 g/mol. The zero-order chi connectivity index (χ0) is 17.1. The quantitative estimate of drug-likeness (QED) is 0.494. The molecular formula is C17H15N3O4. The summed E-state index contributed by atoms with van der Waals surface area (Å²) in [5.74, 6) is -0.523. The number of nitro benzene ring substituents is 1. The summed E-state index contributed by atoms with van der Waals surface area (Å²) in [5, 5.41) is 16.1. The van der Waals surface area contributed by atoms with Gasteiger partial charge >= 0.3 is 0 Å². The third-order valence-electron chi connectivity index (χ3n) is 3.90. The summed E-state index contributed by atoms with van der Waals surface area (Å²) in [6.45, 7) is 0. The van der Waals surface area contributed by atoms with E-state index in [0.29, 0.717) is 5.56 Å². The fourth-order valence-corrected chi connectivity index (χ4v) is 2.61. The molecule has 3 rings (SSSR count). The predicted octanol–water partition coefficient (Wildman–Crippen LogP) is 1.49. The molecule has 0 radical (unpaired) electrons. The maximum atomic E-state index is 12.1. The summed E-state index contributed by atoms with van der Waals surface area (Å²) in [4.78, 5) is 34.0. The van der Waals surface area contributed by atoms with Gasteiger partial charge in [0.25, 0.3) is 5.69 Å². The molecule has 7 heteroatoms. The smallest absolute Gasteiger partial charge is 0.269 e. The number of nitro groups is 1. The van der Waals surface area contributed by atoms with E-state index in [0.717, 1.165) is 5.56 Å². The lowest BCUT2D eigenvalue weighted by atomic mass is 9.91. The van der Waals surface area contributed by atoms with Gasteiger partial charge in [0.1, 0.15) is 6.04 Å². The first-order valence-corrected chi connectivity index (χ1v) is 7.42. The predicted molar refractivity (Wildman–Crippen MR) is 86.1 cm³/mol. The van der Waals surface area contributed by atoms with Gasteiger partial charge in [-0.15, -0.1) is 0 Å². The number of nitrogens with zero attached hydrogens (tertiary/aromatic N) is 1. The van der Waals surface area contributed by atoms with Crippen LogP contribution in [-0.4, -0.2) is 22.8 Å². The minimum absolute atomic E-state index is 0.0262. The van der Waals surface area contributed by atoms with Gasteiger partial charge in [-0.2, -0.15) is 0 Å². The van der Waals surface area contributed by atoms with E-state index in [1.165, 1.54) is 24.3 Å². The average molecular weight is 325 g/mol. The number of hydrogen-bond donors (Lipinski definition) is 2. The number of β-lactam (4-membered cyclic amide) rings is 1. The number of carbonyl (C=O) groups excluding carboxylic acids is 2. The van der Waals surface area contributed by atoms with Crippen molar-refractivity contribution < 1.29 is 14.5 Å². The van der Waals surface area contributed by atoms with Crippen LogP contribution in [0, 0.1) is 10.1 Å². The molecular weight excluding hydrogens is 310 g/mol. The van der Waals surface area contributed by atoms with E-state index in [4.69, 9.17) is 0 Å². The highest BCUT2D eigenvalue weighted by atomic mass is 16.6. The molecule has 0 aliphatic carbocycles. The summed E-state index contributed by atoms with van der Waals surface area (Å²) < 4.78 is 0. The van der Waals surface area contributed by atoms with Crippen LogP contribution in [0.4, 0.5) is 5.69 Å². The molecule has 2 unspecified atom stereocenters. The molecule has 1 heterocycles. The van der Waals surface area contributed by atoms with Crippen molar-refractivity contribution in [1.82, 2.24) is 10.6 Å². The van der Waals surface area contributed by atoms with Crippen LogP contribution >= 0.6 is 0 Å². The number of amides is 2. The van der Waals surface area contributed by atoms with Gasteiger partial charge in [-0.05, 0) is 11.1 Å². The van der Waals surface area contributed by atoms with Gasteiger partial charge in [-0.1, -0.05) is 42.5 Å². The normalized spacial score (nSPS) is 19.1. The van der Waals surface area contributed by atoms with E-state index >= 15 is 0 Å². The van der Waals surface area contributed by atoms with E-state index in [-0.39, 0.29) is 30.0 Å². The van der Waals surface area contributed by atoms with Crippen molar-refractivity contribution in [2.24, 2.45) is 0 Å². The van der Waals surface area contributed by atoms with Crippen LogP contribution in [0.15, 0.2) is 54.6 Å². The lowest BCUT2D eigenvalue weighted by Gasteiger charge is -2.37. The Kier molecular flexibility index (Phi) is 4.24. The molecule has 0 spiro atoms. The van der Waals surface area contributed by atoms with Gasteiger partial charge in [0.15, 0.2) is 0 Å². The van der Waals surface area contributed by atoms with Gasteiger partial charge in [-0.25, -0.2) is 0 Å². The van der Waals surface area contributed by atoms with Crippen molar-refractivity contribution in [3.8, 4) is 0 Å². The number of rotatable bonds is 5. The molecule has 1 aliphatic heterocycles. The van der Waals surface area contributed by atoms with E-state index in [1.807, 2.05) is 30.3 Å². The van der Waals surface area contributed by atoms with Crippen molar-refractivity contribution in [2.75, 3.05) is 0 Å². The van der Waals surface area contributed by atoms with Gasteiger partial charge < -0.3 is 10.6 Å². The molecule has 122 valence electrons. The maximum Gasteiger partial charge on any atom is 0.269 e. The Hall–Kier alpha value is -3.22. The lowest BCUT2D eigenvalue weighted by Crippen LogP contribution is -2.63. The van der Waals surface area contributed by atoms with E-state index in [2.05, 4.69) is 10.6 Å².